The van der Waals surface area contributed by atoms with Crippen LogP contribution in [0.5, 0.6) is 0 Å². The molecule has 0 amide bonds. The number of nitrogens with one attached hydrogen (secondary N) is 1. The molecule has 3 nitrogen and oxygen atoms in total. The van der Waals surface area contributed by atoms with E-state index in [-0.39, 0.29) is 17.6 Å². The van der Waals surface area contributed by atoms with E-state index in [0.717, 1.165) is 3.57 Å². The summed E-state index contributed by atoms with van der Waals surface area (Å²) in [5.74, 6) is 0.112. The lowest BCUT2D eigenvalue weighted by atomic mass is 10.1. The van der Waals surface area contributed by atoms with E-state index in [2.05, 4.69) is 15.3 Å². The average molecular weight is 483 g/mol. The van der Waals surface area contributed by atoms with Gasteiger partial charge >= 0.3 is 12.4 Å². The van der Waals surface area contributed by atoms with E-state index in [1.807, 2.05) is 22.6 Å². The highest BCUT2D eigenvalue weighted by Gasteiger charge is 2.37. The second-order valence-corrected chi connectivity index (χ2v) is 6.55. The SMILES string of the molecule is FC(F)(F)c1cc(Nc2ncnc3ccc(I)cc23)cc(C(F)(F)F)c1. The maximum absolute atomic E-state index is 13.0. The molecule has 0 aliphatic rings. The van der Waals surface area contributed by atoms with Gasteiger partial charge in [0, 0.05) is 14.6 Å². The van der Waals surface area contributed by atoms with Gasteiger partial charge in [-0.3, -0.25) is 0 Å². The highest BCUT2D eigenvalue weighted by atomic mass is 127. The molecule has 10 heteroatoms. The Balaban J connectivity index is 2.12. The van der Waals surface area contributed by atoms with Crippen LogP contribution in [-0.4, -0.2) is 9.97 Å². The topological polar surface area (TPSA) is 37.8 Å². The van der Waals surface area contributed by atoms with E-state index in [1.165, 1.54) is 6.33 Å². The fourth-order valence-corrected chi connectivity index (χ4v) is 2.78. The Morgan fingerprint density at radius 3 is 2.00 bits per heavy atom. The molecule has 0 radical (unpaired) electrons. The van der Waals surface area contributed by atoms with Gasteiger partial charge in [-0.1, -0.05) is 0 Å². The first-order valence-electron chi connectivity index (χ1n) is 7.01. The van der Waals surface area contributed by atoms with E-state index in [9.17, 15) is 26.3 Å². The average Bonchev–Trinajstić information content (AvgIpc) is 2.53. The number of hydrogen-bond acceptors (Lipinski definition) is 3. The van der Waals surface area contributed by atoms with Crippen molar-refractivity contribution in [3.05, 3.63) is 57.4 Å². The lowest BCUT2D eigenvalue weighted by molar-refractivity contribution is -0.143. The molecule has 1 aromatic heterocycles. The number of nitrogens with zero attached hydrogens (tertiary/aromatic N) is 2. The van der Waals surface area contributed by atoms with E-state index >= 15 is 0 Å². The van der Waals surface area contributed by atoms with Gasteiger partial charge in [0.15, 0.2) is 0 Å². The van der Waals surface area contributed by atoms with Crippen LogP contribution in [0.2, 0.25) is 0 Å². The van der Waals surface area contributed by atoms with E-state index in [1.54, 1.807) is 18.2 Å². The summed E-state index contributed by atoms with van der Waals surface area (Å²) >= 11 is 2.03. The molecule has 0 aliphatic carbocycles. The summed E-state index contributed by atoms with van der Waals surface area (Å²) in [6.07, 6.45) is -8.66. The predicted octanol–water partition coefficient (Wildman–Crippen LogP) is 6.02. The van der Waals surface area contributed by atoms with Crippen LogP contribution in [0.25, 0.3) is 10.9 Å². The Bertz CT molecular complexity index is 936. The smallest absolute Gasteiger partial charge is 0.340 e. The summed E-state index contributed by atoms with van der Waals surface area (Å²) in [7, 11) is 0. The van der Waals surface area contributed by atoms with Gasteiger partial charge in [-0.05, 0) is 59.0 Å². The monoisotopic (exact) mass is 483 g/mol. The molecule has 0 spiro atoms. The van der Waals surface area contributed by atoms with E-state index in [0.29, 0.717) is 23.0 Å². The minimum Gasteiger partial charge on any atom is -0.340 e. The Kier molecular flexibility index (Phi) is 4.71. The zero-order valence-corrected chi connectivity index (χ0v) is 14.7. The summed E-state index contributed by atoms with van der Waals surface area (Å²) in [6, 6.07) is 6.42. The van der Waals surface area contributed by atoms with Gasteiger partial charge in [-0.15, -0.1) is 0 Å². The molecular formula is C16H8F6IN3. The molecule has 0 fully saturated rings. The van der Waals surface area contributed by atoms with Gasteiger partial charge in [0.05, 0.1) is 16.6 Å². The Hall–Kier alpha value is -2.11. The molecular weight excluding hydrogens is 475 g/mol. The third kappa shape index (κ3) is 4.00. The number of alkyl halides is 6. The standard InChI is InChI=1S/C16H8F6IN3/c17-15(18,19)8-3-9(16(20,21)22)5-11(4-8)26-14-12-6-10(23)1-2-13(12)24-7-25-14/h1-7H,(H,24,25,26). The number of aromatic nitrogens is 2. The van der Waals surface area contributed by atoms with Gasteiger partial charge in [0.2, 0.25) is 0 Å². The van der Waals surface area contributed by atoms with Crippen molar-refractivity contribution in [3.8, 4) is 0 Å². The van der Waals surface area contributed by atoms with Crippen LogP contribution in [-0.2, 0) is 12.4 Å². The third-order valence-electron chi connectivity index (χ3n) is 3.45. The van der Waals surface area contributed by atoms with E-state index in [4.69, 9.17) is 0 Å². The summed E-state index contributed by atoms with van der Waals surface area (Å²) in [5.41, 5.74) is -2.66. The molecule has 0 saturated heterocycles. The fourth-order valence-electron chi connectivity index (χ4n) is 2.29. The fraction of sp³-hybridized carbons (Fsp3) is 0.125. The first-order valence-corrected chi connectivity index (χ1v) is 8.09. The Morgan fingerprint density at radius 1 is 0.808 bits per heavy atom. The second-order valence-electron chi connectivity index (χ2n) is 5.30. The molecule has 2 aromatic carbocycles. The summed E-state index contributed by atoms with van der Waals surface area (Å²) in [5, 5.41) is 3.02. The van der Waals surface area contributed by atoms with Crippen molar-refractivity contribution >= 4 is 45.0 Å². The molecule has 0 saturated carbocycles. The number of rotatable bonds is 2. The lowest BCUT2D eigenvalue weighted by Crippen LogP contribution is -2.11. The van der Waals surface area contributed by atoms with Crippen molar-refractivity contribution in [2.75, 3.05) is 5.32 Å². The molecule has 136 valence electrons. The Morgan fingerprint density at radius 2 is 1.42 bits per heavy atom. The molecule has 1 heterocycles. The summed E-state index contributed by atoms with van der Waals surface area (Å²) < 4.78 is 78.6. The maximum atomic E-state index is 13.0. The third-order valence-corrected chi connectivity index (χ3v) is 4.12. The molecule has 0 bridgehead atoms. The molecule has 3 aromatic rings. The van der Waals surface area contributed by atoms with Crippen LogP contribution in [0, 0.1) is 3.57 Å². The van der Waals surface area contributed by atoms with Gasteiger partial charge < -0.3 is 5.32 Å². The van der Waals surface area contributed by atoms with Gasteiger partial charge in [-0.2, -0.15) is 26.3 Å². The highest BCUT2D eigenvalue weighted by molar-refractivity contribution is 14.1. The lowest BCUT2D eigenvalue weighted by Gasteiger charge is -2.15. The molecule has 3 rings (SSSR count). The van der Waals surface area contributed by atoms with E-state index < -0.39 is 23.5 Å². The van der Waals surface area contributed by atoms with Gasteiger partial charge in [-0.25, -0.2) is 9.97 Å². The predicted molar refractivity (Wildman–Crippen MR) is 92.0 cm³/mol. The number of hydrogen-bond donors (Lipinski definition) is 1. The van der Waals surface area contributed by atoms with Crippen LogP contribution in [0.1, 0.15) is 11.1 Å². The second kappa shape index (κ2) is 6.56. The first kappa shape index (κ1) is 18.7. The minimum absolute atomic E-state index is 0.0756. The number of anilines is 2. The first-order chi connectivity index (χ1) is 12.0. The van der Waals surface area contributed by atoms with Crippen molar-refractivity contribution in [1.29, 1.82) is 0 Å². The van der Waals surface area contributed by atoms with Gasteiger partial charge in [0.25, 0.3) is 0 Å². The molecule has 0 aliphatic heterocycles. The number of benzene rings is 2. The van der Waals surface area contributed by atoms with Crippen LogP contribution < -0.4 is 5.32 Å². The van der Waals surface area contributed by atoms with Crippen molar-refractivity contribution in [2.24, 2.45) is 0 Å². The quantitative estimate of drug-likeness (QED) is 0.358. The van der Waals surface area contributed by atoms with Crippen LogP contribution in [0.4, 0.5) is 37.8 Å². The summed E-state index contributed by atoms with van der Waals surface area (Å²) in [4.78, 5) is 7.96. The maximum Gasteiger partial charge on any atom is 0.416 e. The number of halogens is 7. The normalized spacial score (nSPS) is 12.4. The van der Waals surface area contributed by atoms with Crippen LogP contribution in [0.3, 0.4) is 0 Å². The van der Waals surface area contributed by atoms with Crippen LogP contribution in [0.15, 0.2) is 42.7 Å². The van der Waals surface area contributed by atoms with Crippen molar-refractivity contribution in [1.82, 2.24) is 9.97 Å². The van der Waals surface area contributed by atoms with Crippen molar-refractivity contribution in [3.63, 3.8) is 0 Å². The largest absolute Gasteiger partial charge is 0.416 e. The molecule has 1 N–H and O–H groups in total. The zero-order valence-electron chi connectivity index (χ0n) is 12.6. The zero-order chi connectivity index (χ0) is 19.1. The highest BCUT2D eigenvalue weighted by Crippen LogP contribution is 2.38. The molecule has 26 heavy (non-hydrogen) atoms. The van der Waals surface area contributed by atoms with Crippen LogP contribution >= 0.6 is 22.6 Å². The Labute approximate surface area is 156 Å². The molecule has 0 unspecified atom stereocenters. The van der Waals surface area contributed by atoms with Crippen molar-refractivity contribution in [2.45, 2.75) is 12.4 Å². The van der Waals surface area contributed by atoms with Gasteiger partial charge in [0.1, 0.15) is 12.1 Å². The number of fused-ring (bicyclic) bond motifs is 1. The minimum atomic E-state index is -4.92. The summed E-state index contributed by atoms with van der Waals surface area (Å²) in [6.45, 7) is 0. The van der Waals surface area contributed by atoms with Crippen molar-refractivity contribution < 1.29 is 26.3 Å². The molecule has 0 atom stereocenters.